The van der Waals surface area contributed by atoms with Crippen molar-refractivity contribution in [3.05, 3.63) is 70.0 Å². The average molecular weight is 392 g/mol. The molecule has 152 valence electrons. The molecule has 0 atom stereocenters. The molecule has 0 aromatic heterocycles. The fraction of sp³-hybridized carbons (Fsp3) is 0.478. The van der Waals surface area contributed by atoms with Crippen molar-refractivity contribution in [2.75, 3.05) is 6.61 Å². The molecule has 1 fully saturated rings. The lowest BCUT2D eigenvalue weighted by Crippen LogP contribution is -2.21. The number of hydrogen-bond acceptors (Lipinski definition) is 2. The number of hydrogen-bond donors (Lipinski definition) is 0. The topological polar surface area (TPSA) is 18.5 Å². The van der Waals surface area contributed by atoms with Crippen LogP contribution in [0.2, 0.25) is 0 Å². The SMILES string of the molecule is CCOCc1ccc(C2CCC(OCc3ccc(C)c(F)c3F)CC2)c(F)c1. The fourth-order valence-corrected chi connectivity index (χ4v) is 3.76. The molecule has 5 heteroatoms. The van der Waals surface area contributed by atoms with Crippen molar-refractivity contribution in [2.45, 2.75) is 64.8 Å². The second-order valence-electron chi connectivity index (χ2n) is 7.45. The molecule has 28 heavy (non-hydrogen) atoms. The lowest BCUT2D eigenvalue weighted by Gasteiger charge is -2.29. The zero-order valence-electron chi connectivity index (χ0n) is 16.4. The van der Waals surface area contributed by atoms with Gasteiger partial charge in [-0.25, -0.2) is 13.2 Å². The van der Waals surface area contributed by atoms with E-state index in [4.69, 9.17) is 9.47 Å². The first-order valence-electron chi connectivity index (χ1n) is 9.90. The van der Waals surface area contributed by atoms with Crippen molar-refractivity contribution in [2.24, 2.45) is 0 Å². The summed E-state index contributed by atoms with van der Waals surface area (Å²) in [6.07, 6.45) is 3.18. The molecule has 2 aromatic rings. The molecule has 2 nitrogen and oxygen atoms in total. The minimum atomic E-state index is -0.831. The van der Waals surface area contributed by atoms with Gasteiger partial charge >= 0.3 is 0 Å². The second-order valence-corrected chi connectivity index (χ2v) is 7.45. The minimum Gasteiger partial charge on any atom is -0.377 e. The first kappa shape index (κ1) is 20.9. The summed E-state index contributed by atoms with van der Waals surface area (Å²) in [6, 6.07) is 8.47. The summed E-state index contributed by atoms with van der Waals surface area (Å²) < 4.78 is 53.2. The Hall–Kier alpha value is -1.85. The maximum Gasteiger partial charge on any atom is 0.164 e. The molecule has 0 N–H and O–H groups in total. The van der Waals surface area contributed by atoms with Gasteiger partial charge in [0.2, 0.25) is 0 Å². The van der Waals surface area contributed by atoms with E-state index >= 15 is 0 Å². The maximum atomic E-state index is 14.5. The van der Waals surface area contributed by atoms with Gasteiger partial charge in [-0.15, -0.1) is 0 Å². The molecule has 1 saturated carbocycles. The number of benzene rings is 2. The van der Waals surface area contributed by atoms with Crippen LogP contribution in [0.1, 0.15) is 60.8 Å². The zero-order chi connectivity index (χ0) is 20.1. The molecular weight excluding hydrogens is 365 g/mol. The largest absolute Gasteiger partial charge is 0.377 e. The summed E-state index contributed by atoms with van der Waals surface area (Å²) in [5, 5.41) is 0. The number of halogens is 3. The van der Waals surface area contributed by atoms with Crippen LogP contribution in [0.3, 0.4) is 0 Å². The van der Waals surface area contributed by atoms with E-state index in [2.05, 4.69) is 0 Å². The van der Waals surface area contributed by atoms with Crippen LogP contribution in [0, 0.1) is 24.4 Å². The number of aryl methyl sites for hydroxylation is 1. The Kier molecular flexibility index (Phi) is 7.13. The van der Waals surface area contributed by atoms with Crippen molar-refractivity contribution in [3.8, 4) is 0 Å². The van der Waals surface area contributed by atoms with Gasteiger partial charge in [0, 0.05) is 12.2 Å². The molecule has 0 bridgehead atoms. The minimum absolute atomic E-state index is 0.0136. The summed E-state index contributed by atoms with van der Waals surface area (Å²) in [5.74, 6) is -1.66. The molecule has 0 amide bonds. The quantitative estimate of drug-likeness (QED) is 0.559. The second kappa shape index (κ2) is 9.57. The molecule has 1 aliphatic carbocycles. The highest BCUT2D eigenvalue weighted by molar-refractivity contribution is 5.28. The Bertz CT molecular complexity index is 799. The highest BCUT2D eigenvalue weighted by Crippen LogP contribution is 2.36. The van der Waals surface area contributed by atoms with Gasteiger partial charge < -0.3 is 9.47 Å². The molecule has 0 aliphatic heterocycles. The Labute approximate surface area is 164 Å². The van der Waals surface area contributed by atoms with Crippen molar-refractivity contribution >= 4 is 0 Å². The summed E-state index contributed by atoms with van der Waals surface area (Å²) in [4.78, 5) is 0. The van der Waals surface area contributed by atoms with Crippen LogP contribution in [0.4, 0.5) is 13.2 Å². The normalized spacial score (nSPS) is 19.8. The van der Waals surface area contributed by atoms with Crippen LogP contribution in [-0.2, 0) is 22.7 Å². The van der Waals surface area contributed by atoms with E-state index in [1.165, 1.54) is 6.92 Å². The van der Waals surface area contributed by atoms with Crippen molar-refractivity contribution in [3.63, 3.8) is 0 Å². The predicted molar refractivity (Wildman–Crippen MR) is 103 cm³/mol. The Balaban J connectivity index is 1.53. The molecule has 0 saturated heterocycles. The highest BCUT2D eigenvalue weighted by Gasteiger charge is 2.25. The monoisotopic (exact) mass is 392 g/mol. The van der Waals surface area contributed by atoms with Gasteiger partial charge in [0.15, 0.2) is 11.6 Å². The van der Waals surface area contributed by atoms with E-state index < -0.39 is 11.6 Å². The van der Waals surface area contributed by atoms with Crippen molar-refractivity contribution in [1.29, 1.82) is 0 Å². The van der Waals surface area contributed by atoms with Crippen LogP contribution >= 0.6 is 0 Å². The van der Waals surface area contributed by atoms with E-state index in [0.29, 0.717) is 13.2 Å². The molecule has 0 spiro atoms. The van der Waals surface area contributed by atoms with E-state index in [-0.39, 0.29) is 35.6 Å². The Morgan fingerprint density at radius 2 is 1.68 bits per heavy atom. The van der Waals surface area contributed by atoms with Gasteiger partial charge in [0.05, 0.1) is 19.3 Å². The summed E-state index contributed by atoms with van der Waals surface area (Å²) >= 11 is 0. The summed E-state index contributed by atoms with van der Waals surface area (Å²) in [7, 11) is 0. The van der Waals surface area contributed by atoms with Crippen LogP contribution in [0.5, 0.6) is 0 Å². The smallest absolute Gasteiger partial charge is 0.164 e. The van der Waals surface area contributed by atoms with Gasteiger partial charge in [0.1, 0.15) is 5.82 Å². The molecular formula is C23H27F3O2. The fourth-order valence-electron chi connectivity index (χ4n) is 3.76. The standard InChI is InChI=1S/C23H27F3O2/c1-3-27-13-16-5-11-20(21(24)12-16)17-7-9-19(10-8-17)28-14-18-6-4-15(2)22(25)23(18)26/h4-6,11-12,17,19H,3,7-10,13-14H2,1-2H3. The van der Waals surface area contributed by atoms with E-state index in [0.717, 1.165) is 36.8 Å². The van der Waals surface area contributed by atoms with E-state index in [9.17, 15) is 13.2 Å². The zero-order valence-corrected chi connectivity index (χ0v) is 16.4. The van der Waals surface area contributed by atoms with Gasteiger partial charge in [-0.05, 0) is 68.2 Å². The molecule has 0 unspecified atom stereocenters. The lowest BCUT2D eigenvalue weighted by molar-refractivity contribution is 0.0116. The maximum absolute atomic E-state index is 14.5. The molecule has 0 radical (unpaired) electrons. The van der Waals surface area contributed by atoms with Gasteiger partial charge in [-0.3, -0.25) is 0 Å². The third kappa shape index (κ3) is 4.95. The Morgan fingerprint density at radius 1 is 0.929 bits per heavy atom. The van der Waals surface area contributed by atoms with Crippen molar-refractivity contribution in [1.82, 2.24) is 0 Å². The van der Waals surface area contributed by atoms with Gasteiger partial charge in [-0.1, -0.05) is 24.3 Å². The first-order chi connectivity index (χ1) is 13.5. The van der Waals surface area contributed by atoms with Crippen LogP contribution in [-0.4, -0.2) is 12.7 Å². The third-order valence-corrected chi connectivity index (χ3v) is 5.48. The van der Waals surface area contributed by atoms with Crippen molar-refractivity contribution < 1.29 is 22.6 Å². The third-order valence-electron chi connectivity index (χ3n) is 5.48. The van der Waals surface area contributed by atoms with Crippen LogP contribution in [0.25, 0.3) is 0 Å². The van der Waals surface area contributed by atoms with Gasteiger partial charge in [0.25, 0.3) is 0 Å². The Morgan fingerprint density at radius 3 is 2.36 bits per heavy atom. The predicted octanol–water partition coefficient (Wildman–Crippen LogP) is 6.19. The van der Waals surface area contributed by atoms with Crippen LogP contribution in [0.15, 0.2) is 30.3 Å². The number of rotatable bonds is 7. The summed E-state index contributed by atoms with van der Waals surface area (Å²) in [5.41, 5.74) is 2.11. The molecule has 2 aromatic carbocycles. The molecule has 1 aliphatic rings. The van der Waals surface area contributed by atoms with Crippen LogP contribution < -0.4 is 0 Å². The van der Waals surface area contributed by atoms with Gasteiger partial charge in [-0.2, -0.15) is 0 Å². The molecule has 3 rings (SSSR count). The lowest BCUT2D eigenvalue weighted by atomic mass is 9.82. The highest BCUT2D eigenvalue weighted by atomic mass is 19.2. The van der Waals surface area contributed by atoms with E-state index in [1.807, 2.05) is 19.1 Å². The summed E-state index contributed by atoms with van der Waals surface area (Å²) in [6.45, 7) is 4.53. The average Bonchev–Trinajstić information content (AvgIpc) is 2.70. The first-order valence-corrected chi connectivity index (χ1v) is 9.90. The van der Waals surface area contributed by atoms with E-state index in [1.54, 1.807) is 18.2 Å². The number of ether oxygens (including phenoxy) is 2. The molecule has 0 heterocycles.